The van der Waals surface area contributed by atoms with Crippen LogP contribution >= 0.6 is 11.6 Å². The molecule has 0 nitrogen and oxygen atoms in total. The topological polar surface area (TPSA) is 0 Å². The van der Waals surface area contributed by atoms with Gasteiger partial charge in [0.1, 0.15) is 0 Å². The Hall–Kier alpha value is -3.61. The molecule has 31 heavy (non-hydrogen) atoms. The van der Waals surface area contributed by atoms with E-state index in [1.165, 1.54) is 49.0 Å². The lowest BCUT2D eigenvalue weighted by atomic mass is 9.90. The van der Waals surface area contributed by atoms with Crippen LogP contribution < -0.4 is 0 Å². The molecule has 0 N–H and O–H groups in total. The summed E-state index contributed by atoms with van der Waals surface area (Å²) in [6, 6.07) is 41.0. The Labute approximate surface area is 186 Å². The van der Waals surface area contributed by atoms with Gasteiger partial charge in [-0.15, -0.1) is 0 Å². The summed E-state index contributed by atoms with van der Waals surface area (Å²) in [4.78, 5) is 0. The molecule has 6 aromatic carbocycles. The molecule has 6 aromatic rings. The molecule has 0 saturated heterocycles. The molecule has 146 valence electrons. The molecule has 0 unspecified atom stereocenters. The second kappa shape index (κ2) is 7.27. The van der Waals surface area contributed by atoms with Crippen molar-refractivity contribution >= 4 is 43.9 Å². The summed E-state index contributed by atoms with van der Waals surface area (Å²) >= 11 is 6.27. The van der Waals surface area contributed by atoms with E-state index in [9.17, 15) is 0 Å². The number of benzene rings is 6. The first-order chi connectivity index (χ1) is 15.3. The van der Waals surface area contributed by atoms with Crippen molar-refractivity contribution in [3.63, 3.8) is 0 Å². The van der Waals surface area contributed by atoms with E-state index in [2.05, 4.69) is 97.1 Å². The molecular weight excluding hydrogens is 396 g/mol. The van der Waals surface area contributed by atoms with Crippen molar-refractivity contribution < 1.29 is 0 Å². The van der Waals surface area contributed by atoms with Crippen LogP contribution in [0.2, 0.25) is 5.02 Å². The summed E-state index contributed by atoms with van der Waals surface area (Å²) < 4.78 is 0. The summed E-state index contributed by atoms with van der Waals surface area (Å²) in [7, 11) is 0. The highest BCUT2D eigenvalue weighted by atomic mass is 35.5. The van der Waals surface area contributed by atoms with Gasteiger partial charge in [-0.2, -0.15) is 0 Å². The SMILES string of the molecule is Clc1cccc(-c2ccc3c(c2)c(-c2ccc4ccccc4c2)cc2ccccc23)c1. The summed E-state index contributed by atoms with van der Waals surface area (Å²) in [5.41, 5.74) is 4.79. The molecule has 1 heteroatoms. The van der Waals surface area contributed by atoms with Crippen LogP contribution in [0, 0.1) is 0 Å². The Morgan fingerprint density at radius 2 is 1.13 bits per heavy atom. The van der Waals surface area contributed by atoms with Gasteiger partial charge in [-0.25, -0.2) is 0 Å². The van der Waals surface area contributed by atoms with Crippen LogP contribution in [0.1, 0.15) is 0 Å². The zero-order valence-electron chi connectivity index (χ0n) is 16.8. The molecule has 0 atom stereocenters. The second-order valence-electron chi connectivity index (χ2n) is 7.98. The zero-order valence-corrected chi connectivity index (χ0v) is 17.6. The van der Waals surface area contributed by atoms with Crippen molar-refractivity contribution in [2.75, 3.05) is 0 Å². The van der Waals surface area contributed by atoms with Gasteiger partial charge in [0.25, 0.3) is 0 Å². The monoisotopic (exact) mass is 414 g/mol. The van der Waals surface area contributed by atoms with E-state index in [0.29, 0.717) is 0 Å². The fourth-order valence-electron chi connectivity index (χ4n) is 4.55. The van der Waals surface area contributed by atoms with Gasteiger partial charge in [0.05, 0.1) is 0 Å². The molecule has 6 rings (SSSR count). The van der Waals surface area contributed by atoms with Crippen molar-refractivity contribution in [2.24, 2.45) is 0 Å². The van der Waals surface area contributed by atoms with Gasteiger partial charge in [-0.05, 0) is 84.9 Å². The minimum absolute atomic E-state index is 0.755. The van der Waals surface area contributed by atoms with Crippen LogP contribution in [0.4, 0.5) is 0 Å². The minimum atomic E-state index is 0.755. The van der Waals surface area contributed by atoms with Crippen LogP contribution in [0.25, 0.3) is 54.6 Å². The summed E-state index contributed by atoms with van der Waals surface area (Å²) in [5, 5.41) is 8.33. The normalized spacial score (nSPS) is 11.4. The van der Waals surface area contributed by atoms with Gasteiger partial charge in [0.2, 0.25) is 0 Å². The van der Waals surface area contributed by atoms with Crippen molar-refractivity contribution in [3.8, 4) is 22.3 Å². The van der Waals surface area contributed by atoms with Gasteiger partial charge in [-0.1, -0.05) is 96.5 Å². The van der Waals surface area contributed by atoms with Crippen molar-refractivity contribution in [2.45, 2.75) is 0 Å². The van der Waals surface area contributed by atoms with Gasteiger partial charge >= 0.3 is 0 Å². The van der Waals surface area contributed by atoms with Gasteiger partial charge in [-0.3, -0.25) is 0 Å². The number of hydrogen-bond acceptors (Lipinski definition) is 0. The van der Waals surface area contributed by atoms with Gasteiger partial charge in [0.15, 0.2) is 0 Å². The lowest BCUT2D eigenvalue weighted by molar-refractivity contribution is 1.64. The van der Waals surface area contributed by atoms with E-state index in [1.807, 2.05) is 18.2 Å². The lowest BCUT2D eigenvalue weighted by Crippen LogP contribution is -1.87. The van der Waals surface area contributed by atoms with Crippen LogP contribution in [-0.4, -0.2) is 0 Å². The molecule has 0 saturated carbocycles. The van der Waals surface area contributed by atoms with Crippen molar-refractivity contribution in [1.29, 1.82) is 0 Å². The molecule has 0 aromatic heterocycles. The van der Waals surface area contributed by atoms with E-state index < -0.39 is 0 Å². The number of hydrogen-bond donors (Lipinski definition) is 0. The highest BCUT2D eigenvalue weighted by molar-refractivity contribution is 6.30. The Morgan fingerprint density at radius 3 is 2.00 bits per heavy atom. The fourth-order valence-corrected chi connectivity index (χ4v) is 4.74. The summed E-state index contributed by atoms with van der Waals surface area (Å²) in [6.07, 6.45) is 0. The molecular formula is C30H19Cl. The Balaban J connectivity index is 1.68. The average Bonchev–Trinajstić information content (AvgIpc) is 2.83. The Kier molecular flexibility index (Phi) is 4.26. The number of fused-ring (bicyclic) bond motifs is 4. The first-order valence-electron chi connectivity index (χ1n) is 10.5. The van der Waals surface area contributed by atoms with E-state index in [1.54, 1.807) is 0 Å². The van der Waals surface area contributed by atoms with Crippen LogP contribution in [0.3, 0.4) is 0 Å². The molecule has 0 bridgehead atoms. The zero-order chi connectivity index (χ0) is 20.8. The third-order valence-electron chi connectivity index (χ3n) is 6.08. The van der Waals surface area contributed by atoms with E-state index in [4.69, 9.17) is 11.6 Å². The smallest absolute Gasteiger partial charge is 0.0412 e. The largest absolute Gasteiger partial charge is 0.0843 e. The van der Waals surface area contributed by atoms with Gasteiger partial charge in [0, 0.05) is 5.02 Å². The number of halogens is 1. The maximum Gasteiger partial charge on any atom is 0.0412 e. The minimum Gasteiger partial charge on any atom is -0.0843 e. The van der Waals surface area contributed by atoms with Crippen LogP contribution in [0.5, 0.6) is 0 Å². The van der Waals surface area contributed by atoms with E-state index in [0.717, 1.165) is 10.6 Å². The second-order valence-corrected chi connectivity index (χ2v) is 8.41. The first kappa shape index (κ1) is 18.2. The fraction of sp³-hybridized carbons (Fsp3) is 0. The maximum atomic E-state index is 6.27. The molecule has 0 spiro atoms. The van der Waals surface area contributed by atoms with Crippen LogP contribution in [0.15, 0.2) is 115 Å². The molecule has 0 amide bonds. The predicted molar refractivity (Wildman–Crippen MR) is 135 cm³/mol. The highest BCUT2D eigenvalue weighted by Gasteiger charge is 2.11. The quantitative estimate of drug-likeness (QED) is 0.248. The molecule has 0 heterocycles. The van der Waals surface area contributed by atoms with Crippen LogP contribution in [-0.2, 0) is 0 Å². The molecule has 0 aliphatic rings. The molecule has 0 aliphatic heterocycles. The average molecular weight is 415 g/mol. The van der Waals surface area contributed by atoms with Crippen molar-refractivity contribution in [3.05, 3.63) is 120 Å². The van der Waals surface area contributed by atoms with Gasteiger partial charge < -0.3 is 0 Å². The molecule has 0 fully saturated rings. The molecule has 0 aliphatic carbocycles. The standard InChI is InChI=1S/C30H19Cl/c31-26-10-5-9-22(17-26)23-14-15-28-27-11-4-3-8-24(27)19-29(30(28)18-23)25-13-12-20-6-1-2-7-21(20)16-25/h1-19H. The summed E-state index contributed by atoms with van der Waals surface area (Å²) in [5.74, 6) is 0. The van der Waals surface area contributed by atoms with Crippen molar-refractivity contribution in [1.82, 2.24) is 0 Å². The third-order valence-corrected chi connectivity index (χ3v) is 6.31. The van der Waals surface area contributed by atoms with E-state index in [-0.39, 0.29) is 0 Å². The Bertz CT molecular complexity index is 1590. The lowest BCUT2D eigenvalue weighted by Gasteiger charge is -2.14. The maximum absolute atomic E-state index is 6.27. The first-order valence-corrected chi connectivity index (χ1v) is 10.8. The highest BCUT2D eigenvalue weighted by Crippen LogP contribution is 2.38. The third kappa shape index (κ3) is 3.17. The molecule has 0 radical (unpaired) electrons. The predicted octanol–water partition coefficient (Wildman–Crippen LogP) is 9.13. The summed E-state index contributed by atoms with van der Waals surface area (Å²) in [6.45, 7) is 0. The number of rotatable bonds is 2. The van der Waals surface area contributed by atoms with E-state index >= 15 is 0 Å². The Morgan fingerprint density at radius 1 is 0.387 bits per heavy atom.